The summed E-state index contributed by atoms with van der Waals surface area (Å²) in [4.78, 5) is 12.0. The number of para-hydroxylation sites is 1. The molecule has 1 saturated carbocycles. The zero-order valence-corrected chi connectivity index (χ0v) is 10.7. The fourth-order valence-electron chi connectivity index (χ4n) is 2.61. The van der Waals surface area contributed by atoms with Crippen molar-refractivity contribution in [2.45, 2.75) is 32.1 Å². The van der Waals surface area contributed by atoms with Crippen LogP contribution in [0.5, 0.6) is 5.75 Å². The Morgan fingerprint density at radius 1 is 1.17 bits per heavy atom. The highest BCUT2D eigenvalue weighted by Crippen LogP contribution is 2.31. The third-order valence-electron chi connectivity index (χ3n) is 3.72. The summed E-state index contributed by atoms with van der Waals surface area (Å²) in [5.74, 6) is 1.34. The Labute approximate surface area is 108 Å². The first-order valence-corrected chi connectivity index (χ1v) is 6.76. The van der Waals surface area contributed by atoms with Crippen LogP contribution in [0.2, 0.25) is 0 Å². The zero-order chi connectivity index (χ0) is 12.8. The largest absolute Gasteiger partial charge is 0.426 e. The number of ether oxygens (including phenoxy) is 1. The Morgan fingerprint density at radius 2 is 1.83 bits per heavy atom. The summed E-state index contributed by atoms with van der Waals surface area (Å²) in [6.07, 6.45) is 5.17. The lowest BCUT2D eigenvalue weighted by Crippen LogP contribution is -2.26. The lowest BCUT2D eigenvalue weighted by atomic mass is 9.80. The predicted octanol–water partition coefficient (Wildman–Crippen LogP) is 2.75. The standard InChI is InChI=1S/C15H21NO2/c16-11-10-12-6-8-13(9-7-12)15(17)18-14-4-2-1-3-5-14/h1-5,12-13H,6-11,16H2. The van der Waals surface area contributed by atoms with Gasteiger partial charge >= 0.3 is 5.97 Å². The zero-order valence-electron chi connectivity index (χ0n) is 10.7. The van der Waals surface area contributed by atoms with E-state index in [1.165, 1.54) is 0 Å². The SMILES string of the molecule is NCCC1CCC(C(=O)Oc2ccccc2)CC1. The van der Waals surface area contributed by atoms with Crippen LogP contribution in [0.15, 0.2) is 30.3 Å². The molecule has 1 aromatic carbocycles. The van der Waals surface area contributed by atoms with E-state index in [-0.39, 0.29) is 11.9 Å². The summed E-state index contributed by atoms with van der Waals surface area (Å²) in [5.41, 5.74) is 5.56. The van der Waals surface area contributed by atoms with Crippen LogP contribution in [0.4, 0.5) is 0 Å². The summed E-state index contributed by atoms with van der Waals surface area (Å²) >= 11 is 0. The van der Waals surface area contributed by atoms with E-state index in [2.05, 4.69) is 0 Å². The Hall–Kier alpha value is -1.35. The van der Waals surface area contributed by atoms with Crippen LogP contribution in [0.1, 0.15) is 32.1 Å². The number of rotatable bonds is 4. The molecule has 0 amide bonds. The highest BCUT2D eigenvalue weighted by atomic mass is 16.5. The van der Waals surface area contributed by atoms with Gasteiger partial charge < -0.3 is 10.5 Å². The molecule has 0 radical (unpaired) electrons. The Morgan fingerprint density at radius 3 is 2.44 bits per heavy atom. The van der Waals surface area contributed by atoms with Gasteiger partial charge in [0, 0.05) is 0 Å². The molecule has 1 fully saturated rings. The van der Waals surface area contributed by atoms with Crippen molar-refractivity contribution in [1.82, 2.24) is 0 Å². The molecule has 3 nitrogen and oxygen atoms in total. The number of carbonyl (C=O) groups is 1. The van der Waals surface area contributed by atoms with E-state index in [1.54, 1.807) is 0 Å². The Kier molecular flexibility index (Phi) is 4.76. The molecule has 3 heteroatoms. The van der Waals surface area contributed by atoms with Gasteiger partial charge in [0.1, 0.15) is 5.75 Å². The molecule has 18 heavy (non-hydrogen) atoms. The molecule has 1 aromatic rings. The van der Waals surface area contributed by atoms with Crippen molar-refractivity contribution < 1.29 is 9.53 Å². The van der Waals surface area contributed by atoms with Gasteiger partial charge in [0.25, 0.3) is 0 Å². The summed E-state index contributed by atoms with van der Waals surface area (Å²) < 4.78 is 5.39. The molecule has 98 valence electrons. The molecule has 0 unspecified atom stereocenters. The van der Waals surface area contributed by atoms with Crippen LogP contribution in [-0.4, -0.2) is 12.5 Å². The normalized spacial score (nSPS) is 23.6. The minimum absolute atomic E-state index is 0.0687. The summed E-state index contributed by atoms with van der Waals surface area (Å²) in [5, 5.41) is 0. The van der Waals surface area contributed by atoms with Gasteiger partial charge in [0.05, 0.1) is 5.92 Å². The second-order valence-corrected chi connectivity index (χ2v) is 5.03. The molecule has 0 aliphatic heterocycles. The minimum Gasteiger partial charge on any atom is -0.426 e. The number of carbonyl (C=O) groups excluding carboxylic acids is 1. The van der Waals surface area contributed by atoms with Crippen LogP contribution < -0.4 is 10.5 Å². The van der Waals surface area contributed by atoms with Crippen LogP contribution in [0.3, 0.4) is 0 Å². The second kappa shape index (κ2) is 6.55. The maximum absolute atomic E-state index is 12.0. The van der Waals surface area contributed by atoms with Crippen molar-refractivity contribution in [2.75, 3.05) is 6.54 Å². The van der Waals surface area contributed by atoms with E-state index in [9.17, 15) is 4.79 Å². The van der Waals surface area contributed by atoms with Crippen molar-refractivity contribution >= 4 is 5.97 Å². The third kappa shape index (κ3) is 3.57. The van der Waals surface area contributed by atoms with Crippen molar-refractivity contribution in [1.29, 1.82) is 0 Å². The topological polar surface area (TPSA) is 52.3 Å². The fraction of sp³-hybridized carbons (Fsp3) is 0.533. The molecule has 2 rings (SSSR count). The van der Waals surface area contributed by atoms with Crippen LogP contribution in [0, 0.1) is 11.8 Å². The lowest BCUT2D eigenvalue weighted by molar-refractivity contribution is -0.140. The lowest BCUT2D eigenvalue weighted by Gasteiger charge is -2.26. The van der Waals surface area contributed by atoms with Crippen molar-refractivity contribution in [3.8, 4) is 5.75 Å². The molecule has 1 aliphatic rings. The van der Waals surface area contributed by atoms with Crippen molar-refractivity contribution in [3.63, 3.8) is 0 Å². The molecule has 0 heterocycles. The van der Waals surface area contributed by atoms with Gasteiger partial charge in [-0.2, -0.15) is 0 Å². The average Bonchev–Trinajstić information content (AvgIpc) is 2.41. The van der Waals surface area contributed by atoms with Crippen LogP contribution in [-0.2, 0) is 4.79 Å². The molecular formula is C15H21NO2. The van der Waals surface area contributed by atoms with Crippen LogP contribution in [0.25, 0.3) is 0 Å². The van der Waals surface area contributed by atoms with E-state index >= 15 is 0 Å². The first kappa shape index (κ1) is 13.1. The summed E-state index contributed by atoms with van der Waals surface area (Å²) in [6.45, 7) is 0.754. The van der Waals surface area contributed by atoms with Crippen molar-refractivity contribution in [3.05, 3.63) is 30.3 Å². The van der Waals surface area contributed by atoms with E-state index in [0.29, 0.717) is 11.7 Å². The first-order chi connectivity index (χ1) is 8.79. The van der Waals surface area contributed by atoms with Crippen molar-refractivity contribution in [2.24, 2.45) is 17.6 Å². The van der Waals surface area contributed by atoms with Gasteiger partial charge in [0.2, 0.25) is 0 Å². The smallest absolute Gasteiger partial charge is 0.314 e. The van der Waals surface area contributed by atoms with E-state index < -0.39 is 0 Å². The first-order valence-electron chi connectivity index (χ1n) is 6.76. The number of nitrogens with two attached hydrogens (primary N) is 1. The van der Waals surface area contributed by atoms with E-state index in [1.807, 2.05) is 30.3 Å². The number of hydrogen-bond donors (Lipinski definition) is 1. The third-order valence-corrected chi connectivity index (χ3v) is 3.72. The second-order valence-electron chi connectivity index (χ2n) is 5.03. The predicted molar refractivity (Wildman–Crippen MR) is 71.2 cm³/mol. The fourth-order valence-corrected chi connectivity index (χ4v) is 2.61. The monoisotopic (exact) mass is 247 g/mol. The summed E-state index contributed by atoms with van der Waals surface area (Å²) in [6, 6.07) is 9.30. The van der Waals surface area contributed by atoms with Gasteiger partial charge in [0.15, 0.2) is 0 Å². The Balaban J connectivity index is 1.81. The number of benzene rings is 1. The number of esters is 1. The maximum atomic E-state index is 12.0. The molecule has 0 saturated heterocycles. The van der Waals surface area contributed by atoms with E-state index in [4.69, 9.17) is 10.5 Å². The van der Waals surface area contributed by atoms with Gasteiger partial charge in [-0.1, -0.05) is 18.2 Å². The van der Waals surface area contributed by atoms with Gasteiger partial charge in [-0.3, -0.25) is 4.79 Å². The molecule has 0 atom stereocenters. The minimum atomic E-state index is -0.0765. The van der Waals surface area contributed by atoms with Gasteiger partial charge in [-0.15, -0.1) is 0 Å². The maximum Gasteiger partial charge on any atom is 0.314 e. The van der Waals surface area contributed by atoms with Gasteiger partial charge in [-0.25, -0.2) is 0 Å². The molecule has 0 spiro atoms. The molecule has 0 aromatic heterocycles. The molecule has 2 N–H and O–H groups in total. The highest BCUT2D eigenvalue weighted by molar-refractivity contribution is 5.75. The quantitative estimate of drug-likeness (QED) is 0.657. The summed E-state index contributed by atoms with van der Waals surface area (Å²) in [7, 11) is 0. The van der Waals surface area contributed by atoms with Gasteiger partial charge in [-0.05, 0) is 56.7 Å². The molecular weight excluding hydrogens is 226 g/mol. The highest BCUT2D eigenvalue weighted by Gasteiger charge is 2.27. The van der Waals surface area contributed by atoms with E-state index in [0.717, 1.165) is 38.6 Å². The Bertz CT molecular complexity index is 369. The molecule has 0 bridgehead atoms. The van der Waals surface area contributed by atoms with Crippen LogP contribution >= 0.6 is 0 Å². The average molecular weight is 247 g/mol. The molecule has 1 aliphatic carbocycles. The number of hydrogen-bond acceptors (Lipinski definition) is 3.